The van der Waals surface area contributed by atoms with Crippen molar-refractivity contribution in [3.8, 4) is 0 Å². The lowest BCUT2D eigenvalue weighted by Crippen LogP contribution is -2.49. The van der Waals surface area contributed by atoms with Crippen LogP contribution in [0.1, 0.15) is 24.2 Å². The quantitative estimate of drug-likeness (QED) is 0.768. The Morgan fingerprint density at radius 2 is 2.07 bits per heavy atom. The van der Waals surface area contributed by atoms with Gasteiger partial charge >= 0.3 is 5.97 Å². The van der Waals surface area contributed by atoms with Crippen LogP contribution < -0.4 is 5.32 Å². The molecule has 1 aromatic heterocycles. The molecule has 0 spiro atoms. The highest BCUT2D eigenvalue weighted by atomic mass is 16.4. The fraction of sp³-hybridized carbons (Fsp3) is 0.400. The summed E-state index contributed by atoms with van der Waals surface area (Å²) in [6, 6.07) is 1.63. The van der Waals surface area contributed by atoms with E-state index in [1.54, 1.807) is 30.1 Å². The maximum Gasteiger partial charge on any atom is 0.328 e. The number of rotatable bonds is 3. The van der Waals surface area contributed by atoms with Gasteiger partial charge in [-0.25, -0.2) is 4.79 Å². The Bertz CT molecular complexity index is 393. The maximum atomic E-state index is 11.6. The summed E-state index contributed by atoms with van der Waals surface area (Å²) in [5.41, 5.74) is -0.806. The number of carboxylic acids is 1. The molecule has 5 heteroatoms. The van der Waals surface area contributed by atoms with E-state index in [0.29, 0.717) is 5.56 Å². The van der Waals surface area contributed by atoms with Crippen molar-refractivity contribution < 1.29 is 14.7 Å². The average Bonchev–Trinajstić information content (AvgIpc) is 2.50. The fourth-order valence-electron chi connectivity index (χ4n) is 1.05. The van der Waals surface area contributed by atoms with Crippen molar-refractivity contribution in [1.82, 2.24) is 9.88 Å². The van der Waals surface area contributed by atoms with Crippen molar-refractivity contribution in [2.45, 2.75) is 19.4 Å². The molecule has 0 atom stereocenters. The van der Waals surface area contributed by atoms with Crippen LogP contribution in [0, 0.1) is 0 Å². The zero-order chi connectivity index (χ0) is 11.6. The monoisotopic (exact) mass is 210 g/mol. The second-order valence-electron chi connectivity index (χ2n) is 3.95. The number of amides is 1. The van der Waals surface area contributed by atoms with Crippen molar-refractivity contribution >= 4 is 11.9 Å². The van der Waals surface area contributed by atoms with Crippen molar-refractivity contribution in [3.05, 3.63) is 24.0 Å². The van der Waals surface area contributed by atoms with E-state index >= 15 is 0 Å². The molecule has 0 saturated heterocycles. The fourth-order valence-corrected chi connectivity index (χ4v) is 1.05. The van der Waals surface area contributed by atoms with Crippen LogP contribution in [0.4, 0.5) is 0 Å². The predicted octanol–water partition coefficient (Wildman–Crippen LogP) is 0.618. The van der Waals surface area contributed by atoms with Gasteiger partial charge in [-0.3, -0.25) is 4.79 Å². The summed E-state index contributed by atoms with van der Waals surface area (Å²) in [7, 11) is 1.79. The van der Waals surface area contributed by atoms with Crippen LogP contribution >= 0.6 is 0 Å². The molecule has 0 bridgehead atoms. The Morgan fingerprint density at radius 1 is 1.47 bits per heavy atom. The summed E-state index contributed by atoms with van der Waals surface area (Å²) in [5.74, 6) is -1.45. The molecule has 0 aliphatic heterocycles. The van der Waals surface area contributed by atoms with E-state index in [9.17, 15) is 9.59 Å². The first-order valence-corrected chi connectivity index (χ1v) is 4.51. The van der Waals surface area contributed by atoms with Gasteiger partial charge < -0.3 is 15.0 Å². The third-order valence-electron chi connectivity index (χ3n) is 2.05. The zero-order valence-corrected chi connectivity index (χ0v) is 8.94. The number of carbonyl (C=O) groups excluding carboxylic acids is 1. The molecule has 1 aromatic rings. The van der Waals surface area contributed by atoms with Crippen LogP contribution in [0.15, 0.2) is 18.5 Å². The second kappa shape index (κ2) is 3.76. The van der Waals surface area contributed by atoms with Gasteiger partial charge in [-0.15, -0.1) is 0 Å². The highest BCUT2D eigenvalue weighted by molar-refractivity contribution is 5.97. The van der Waals surface area contributed by atoms with Gasteiger partial charge in [0.1, 0.15) is 5.54 Å². The van der Waals surface area contributed by atoms with Crippen LogP contribution in [0.3, 0.4) is 0 Å². The molecule has 1 amide bonds. The Labute approximate surface area is 87.7 Å². The largest absolute Gasteiger partial charge is 0.480 e. The first kappa shape index (κ1) is 11.3. The van der Waals surface area contributed by atoms with E-state index in [2.05, 4.69) is 5.32 Å². The first-order chi connectivity index (χ1) is 6.83. The topological polar surface area (TPSA) is 71.3 Å². The molecule has 5 nitrogen and oxygen atoms in total. The lowest BCUT2D eigenvalue weighted by molar-refractivity contribution is -0.143. The molecule has 82 valence electrons. The van der Waals surface area contributed by atoms with Crippen LogP contribution in [0.5, 0.6) is 0 Å². The van der Waals surface area contributed by atoms with Gasteiger partial charge in [-0.05, 0) is 19.9 Å². The van der Waals surface area contributed by atoms with Crippen LogP contribution in [-0.2, 0) is 11.8 Å². The number of aryl methyl sites for hydroxylation is 1. The number of hydrogen-bond acceptors (Lipinski definition) is 2. The Hall–Kier alpha value is -1.78. The average molecular weight is 210 g/mol. The van der Waals surface area contributed by atoms with E-state index < -0.39 is 11.5 Å². The summed E-state index contributed by atoms with van der Waals surface area (Å²) in [4.78, 5) is 22.4. The molecule has 15 heavy (non-hydrogen) atoms. The van der Waals surface area contributed by atoms with Gasteiger partial charge in [0.15, 0.2) is 0 Å². The highest BCUT2D eigenvalue weighted by Crippen LogP contribution is 2.06. The number of carbonyl (C=O) groups is 2. The lowest BCUT2D eigenvalue weighted by atomic mass is 10.1. The Morgan fingerprint density at radius 3 is 2.47 bits per heavy atom. The molecule has 0 aliphatic rings. The van der Waals surface area contributed by atoms with E-state index in [-0.39, 0.29) is 5.91 Å². The van der Waals surface area contributed by atoms with Crippen molar-refractivity contribution in [2.24, 2.45) is 7.05 Å². The van der Waals surface area contributed by atoms with Crippen molar-refractivity contribution in [3.63, 3.8) is 0 Å². The van der Waals surface area contributed by atoms with Gasteiger partial charge in [0.05, 0.1) is 5.56 Å². The summed E-state index contributed by atoms with van der Waals surface area (Å²) in [6.07, 6.45) is 3.36. The smallest absolute Gasteiger partial charge is 0.328 e. The number of carboxylic acid groups (broad SMARTS) is 1. The standard InChI is InChI=1S/C10H14N2O3/c1-10(2,9(14)15)11-8(13)7-4-5-12(3)6-7/h4-6H,1-3H3,(H,11,13)(H,14,15). The minimum absolute atomic E-state index is 0.386. The molecule has 0 aromatic carbocycles. The Balaban J connectivity index is 2.76. The second-order valence-corrected chi connectivity index (χ2v) is 3.95. The number of aliphatic carboxylic acids is 1. The molecule has 2 N–H and O–H groups in total. The normalized spacial score (nSPS) is 11.1. The molecule has 1 heterocycles. The van der Waals surface area contributed by atoms with Crippen molar-refractivity contribution in [2.75, 3.05) is 0 Å². The molecule has 0 fully saturated rings. The zero-order valence-electron chi connectivity index (χ0n) is 8.94. The van der Waals surface area contributed by atoms with Gasteiger partial charge in [-0.1, -0.05) is 0 Å². The summed E-state index contributed by atoms with van der Waals surface area (Å²) in [5, 5.41) is 11.3. The predicted molar refractivity (Wildman–Crippen MR) is 54.6 cm³/mol. The first-order valence-electron chi connectivity index (χ1n) is 4.51. The van der Waals surface area contributed by atoms with E-state index in [1.807, 2.05) is 0 Å². The number of nitrogens with zero attached hydrogens (tertiary/aromatic N) is 1. The van der Waals surface area contributed by atoms with Crippen molar-refractivity contribution in [1.29, 1.82) is 0 Å². The van der Waals surface area contributed by atoms with Crippen LogP contribution in [0.2, 0.25) is 0 Å². The number of nitrogens with one attached hydrogen (secondary N) is 1. The number of hydrogen-bond donors (Lipinski definition) is 2. The van der Waals surface area contributed by atoms with E-state index in [4.69, 9.17) is 5.11 Å². The molecule has 0 unspecified atom stereocenters. The molecular weight excluding hydrogens is 196 g/mol. The molecule has 0 aliphatic carbocycles. The third-order valence-corrected chi connectivity index (χ3v) is 2.05. The molecular formula is C10H14N2O3. The maximum absolute atomic E-state index is 11.6. The summed E-state index contributed by atoms with van der Waals surface area (Å²) < 4.78 is 1.72. The molecule has 0 saturated carbocycles. The van der Waals surface area contributed by atoms with Gasteiger partial charge in [-0.2, -0.15) is 0 Å². The SMILES string of the molecule is Cn1ccc(C(=O)NC(C)(C)C(=O)O)c1. The molecule has 1 rings (SSSR count). The highest BCUT2D eigenvalue weighted by Gasteiger charge is 2.29. The van der Waals surface area contributed by atoms with Gasteiger partial charge in [0, 0.05) is 19.4 Å². The van der Waals surface area contributed by atoms with Crippen LogP contribution in [-0.4, -0.2) is 27.1 Å². The summed E-state index contributed by atoms with van der Waals surface area (Å²) in [6.45, 7) is 2.88. The van der Waals surface area contributed by atoms with E-state index in [0.717, 1.165) is 0 Å². The summed E-state index contributed by atoms with van der Waals surface area (Å²) >= 11 is 0. The minimum atomic E-state index is -1.26. The van der Waals surface area contributed by atoms with E-state index in [1.165, 1.54) is 13.8 Å². The van der Waals surface area contributed by atoms with Gasteiger partial charge in [0.2, 0.25) is 0 Å². The van der Waals surface area contributed by atoms with Gasteiger partial charge in [0.25, 0.3) is 5.91 Å². The van der Waals surface area contributed by atoms with Crippen LogP contribution in [0.25, 0.3) is 0 Å². The molecule has 0 radical (unpaired) electrons. The third kappa shape index (κ3) is 2.59. The number of aromatic nitrogens is 1. The lowest BCUT2D eigenvalue weighted by Gasteiger charge is -2.20. The minimum Gasteiger partial charge on any atom is -0.480 e. The Kier molecular flexibility index (Phi) is 2.83.